The van der Waals surface area contributed by atoms with Gasteiger partial charge in [0, 0.05) is 25.7 Å². The standard InChI is InChI=1S/C27H34N6O5/c1-27(2,3)37-25(34)19-33(30-26(35)28-17-20-8-5-4-6-9-20)18-21-16-23(31-38-21)22-10-7-11-24(29-22)32-12-14-36-15-13-32/h4-11,16H,12-15,17-19H2,1-3H3,(H2,28,30,35). The van der Waals surface area contributed by atoms with Crippen LogP contribution in [-0.2, 0) is 27.4 Å². The molecule has 2 N–H and O–H groups in total. The summed E-state index contributed by atoms with van der Waals surface area (Å²) in [5, 5.41) is 8.39. The van der Waals surface area contributed by atoms with E-state index in [0.29, 0.717) is 36.9 Å². The number of carbonyl (C=O) groups is 2. The Labute approximate surface area is 222 Å². The third-order valence-electron chi connectivity index (χ3n) is 5.53. The highest BCUT2D eigenvalue weighted by Crippen LogP contribution is 2.22. The fourth-order valence-electron chi connectivity index (χ4n) is 3.86. The van der Waals surface area contributed by atoms with Crippen LogP contribution < -0.4 is 15.6 Å². The van der Waals surface area contributed by atoms with Gasteiger partial charge >= 0.3 is 12.0 Å². The maximum Gasteiger partial charge on any atom is 0.329 e. The quantitative estimate of drug-likeness (QED) is 0.322. The Morgan fingerprint density at radius 3 is 2.55 bits per heavy atom. The van der Waals surface area contributed by atoms with Crippen LogP contribution in [0.25, 0.3) is 11.4 Å². The molecule has 0 atom stereocenters. The minimum atomic E-state index is -0.658. The van der Waals surface area contributed by atoms with Gasteiger partial charge in [0.25, 0.3) is 0 Å². The zero-order valence-corrected chi connectivity index (χ0v) is 22.0. The molecule has 0 saturated carbocycles. The predicted octanol–water partition coefficient (Wildman–Crippen LogP) is 3.13. The summed E-state index contributed by atoms with van der Waals surface area (Å²) in [7, 11) is 0. The van der Waals surface area contributed by atoms with E-state index in [1.165, 1.54) is 5.01 Å². The van der Waals surface area contributed by atoms with E-state index in [4.69, 9.17) is 19.0 Å². The molecule has 2 aromatic heterocycles. The Morgan fingerprint density at radius 1 is 1.05 bits per heavy atom. The Hall–Kier alpha value is -3.96. The molecule has 38 heavy (non-hydrogen) atoms. The van der Waals surface area contributed by atoms with Gasteiger partial charge in [0.2, 0.25) is 0 Å². The van der Waals surface area contributed by atoms with Crippen LogP contribution in [0, 0.1) is 0 Å². The number of nitrogens with one attached hydrogen (secondary N) is 2. The number of morpholine rings is 1. The highest BCUT2D eigenvalue weighted by Gasteiger charge is 2.22. The van der Waals surface area contributed by atoms with Crippen molar-refractivity contribution in [3.8, 4) is 11.4 Å². The zero-order valence-electron chi connectivity index (χ0n) is 22.0. The van der Waals surface area contributed by atoms with Gasteiger partial charge in [-0.2, -0.15) is 0 Å². The number of hydrogen-bond acceptors (Lipinski definition) is 9. The van der Waals surface area contributed by atoms with Crippen LogP contribution in [-0.4, -0.2) is 65.6 Å². The molecule has 0 radical (unpaired) electrons. The number of carbonyl (C=O) groups excluding carboxylic acids is 2. The number of pyridine rings is 1. The van der Waals surface area contributed by atoms with Gasteiger partial charge in [-0.3, -0.25) is 10.2 Å². The lowest BCUT2D eigenvalue weighted by molar-refractivity contribution is -0.156. The molecule has 1 aliphatic heterocycles. The number of nitrogens with zero attached hydrogens (tertiary/aromatic N) is 4. The first-order valence-corrected chi connectivity index (χ1v) is 12.6. The van der Waals surface area contributed by atoms with E-state index >= 15 is 0 Å². The highest BCUT2D eigenvalue weighted by molar-refractivity contribution is 5.75. The first-order chi connectivity index (χ1) is 18.2. The topological polar surface area (TPSA) is 122 Å². The Balaban J connectivity index is 1.43. The Morgan fingerprint density at radius 2 is 1.82 bits per heavy atom. The van der Waals surface area contributed by atoms with Crippen molar-refractivity contribution in [2.24, 2.45) is 0 Å². The molecular formula is C27H34N6O5. The van der Waals surface area contributed by atoms with Crippen LogP contribution >= 0.6 is 0 Å². The fraction of sp³-hybridized carbons (Fsp3) is 0.407. The summed E-state index contributed by atoms with van der Waals surface area (Å²) in [5.74, 6) is 0.810. The maximum atomic E-state index is 12.6. The minimum Gasteiger partial charge on any atom is -0.459 e. The van der Waals surface area contributed by atoms with Crippen molar-refractivity contribution >= 4 is 17.8 Å². The monoisotopic (exact) mass is 522 g/mol. The van der Waals surface area contributed by atoms with E-state index in [1.54, 1.807) is 26.8 Å². The fourth-order valence-corrected chi connectivity index (χ4v) is 3.86. The SMILES string of the molecule is CC(C)(C)OC(=O)CN(Cc1cc(-c2cccc(N3CCOCC3)n2)no1)NC(=O)NCc1ccccc1. The van der Waals surface area contributed by atoms with Crippen molar-refractivity contribution in [3.05, 3.63) is 65.9 Å². The van der Waals surface area contributed by atoms with Crippen LogP contribution in [0.3, 0.4) is 0 Å². The lowest BCUT2D eigenvalue weighted by Gasteiger charge is -2.27. The summed E-state index contributed by atoms with van der Waals surface area (Å²) < 4.78 is 16.4. The smallest absolute Gasteiger partial charge is 0.329 e. The Kier molecular flexibility index (Phi) is 8.93. The van der Waals surface area contributed by atoms with E-state index in [-0.39, 0.29) is 13.1 Å². The van der Waals surface area contributed by atoms with Gasteiger partial charge in [-0.25, -0.2) is 14.8 Å². The summed E-state index contributed by atoms with van der Waals surface area (Å²) in [4.78, 5) is 32.0. The van der Waals surface area contributed by atoms with Crippen molar-refractivity contribution in [2.45, 2.75) is 39.5 Å². The summed E-state index contributed by atoms with van der Waals surface area (Å²) >= 11 is 0. The number of esters is 1. The van der Waals surface area contributed by atoms with Crippen molar-refractivity contribution < 1.29 is 23.6 Å². The highest BCUT2D eigenvalue weighted by atomic mass is 16.6. The first kappa shape index (κ1) is 27.1. The van der Waals surface area contributed by atoms with Gasteiger partial charge in [-0.15, -0.1) is 0 Å². The normalized spacial score (nSPS) is 13.8. The van der Waals surface area contributed by atoms with Crippen molar-refractivity contribution in [1.82, 2.24) is 25.9 Å². The number of rotatable bonds is 9. The number of urea groups is 1. The number of hydrazine groups is 1. The molecule has 3 aromatic rings. The molecule has 0 bridgehead atoms. The number of benzene rings is 1. The number of aromatic nitrogens is 2. The van der Waals surface area contributed by atoms with Crippen LogP contribution in [0.5, 0.6) is 0 Å². The van der Waals surface area contributed by atoms with Crippen molar-refractivity contribution in [3.63, 3.8) is 0 Å². The molecule has 0 aliphatic carbocycles. The molecule has 202 valence electrons. The van der Waals surface area contributed by atoms with Crippen LogP contribution in [0.4, 0.5) is 10.6 Å². The van der Waals surface area contributed by atoms with Gasteiger partial charge in [-0.1, -0.05) is 41.6 Å². The largest absolute Gasteiger partial charge is 0.459 e. The molecule has 1 aliphatic rings. The number of hydrogen-bond donors (Lipinski definition) is 2. The number of amides is 2. The molecule has 1 saturated heterocycles. The third-order valence-corrected chi connectivity index (χ3v) is 5.53. The van der Waals surface area contributed by atoms with Crippen molar-refractivity contribution in [1.29, 1.82) is 0 Å². The van der Waals surface area contributed by atoms with Crippen LogP contribution in [0.2, 0.25) is 0 Å². The lowest BCUT2D eigenvalue weighted by Crippen LogP contribution is -2.49. The van der Waals surface area contributed by atoms with E-state index in [2.05, 4.69) is 20.8 Å². The summed E-state index contributed by atoms with van der Waals surface area (Å²) in [6, 6.07) is 16.6. The second-order valence-corrected chi connectivity index (χ2v) is 9.88. The van der Waals surface area contributed by atoms with Gasteiger partial charge in [0.15, 0.2) is 5.76 Å². The molecule has 1 aromatic carbocycles. The first-order valence-electron chi connectivity index (χ1n) is 12.6. The van der Waals surface area contributed by atoms with E-state index in [1.807, 2.05) is 48.5 Å². The van der Waals surface area contributed by atoms with Gasteiger partial charge in [0.1, 0.15) is 23.7 Å². The molecular weight excluding hydrogens is 488 g/mol. The molecule has 11 heteroatoms. The van der Waals surface area contributed by atoms with E-state index in [0.717, 1.165) is 24.5 Å². The lowest BCUT2D eigenvalue weighted by atomic mass is 10.2. The third kappa shape index (κ3) is 8.29. The maximum absolute atomic E-state index is 12.6. The van der Waals surface area contributed by atoms with Crippen LogP contribution in [0.15, 0.2) is 59.1 Å². The summed E-state index contributed by atoms with van der Waals surface area (Å²) in [6.07, 6.45) is 0. The van der Waals surface area contributed by atoms with Gasteiger partial charge in [-0.05, 0) is 38.5 Å². The van der Waals surface area contributed by atoms with Crippen molar-refractivity contribution in [2.75, 3.05) is 37.7 Å². The molecule has 3 heterocycles. The minimum absolute atomic E-state index is 0.0914. The van der Waals surface area contributed by atoms with Gasteiger partial charge < -0.3 is 24.2 Å². The zero-order chi connectivity index (χ0) is 27.0. The predicted molar refractivity (Wildman–Crippen MR) is 141 cm³/mol. The second-order valence-electron chi connectivity index (χ2n) is 9.88. The number of anilines is 1. The average molecular weight is 523 g/mol. The average Bonchev–Trinajstić information content (AvgIpc) is 3.36. The van der Waals surface area contributed by atoms with Gasteiger partial charge in [0.05, 0.1) is 25.5 Å². The van der Waals surface area contributed by atoms with Crippen LogP contribution in [0.1, 0.15) is 32.1 Å². The molecule has 1 fully saturated rings. The molecule has 11 nitrogen and oxygen atoms in total. The molecule has 0 spiro atoms. The molecule has 0 unspecified atom stereocenters. The Bertz CT molecular complexity index is 1200. The van der Waals surface area contributed by atoms with E-state index in [9.17, 15) is 9.59 Å². The van der Waals surface area contributed by atoms with E-state index < -0.39 is 17.6 Å². The molecule has 4 rings (SSSR count). The summed E-state index contributed by atoms with van der Waals surface area (Å²) in [5.41, 5.74) is 4.23. The number of ether oxygens (including phenoxy) is 2. The second kappa shape index (κ2) is 12.5. The molecule has 2 amide bonds. The summed E-state index contributed by atoms with van der Waals surface area (Å²) in [6.45, 7) is 8.49.